The molecule has 0 aromatic heterocycles. The number of carbonyl (C=O) groups is 1. The van der Waals surface area contributed by atoms with Gasteiger partial charge in [-0.2, -0.15) is 0 Å². The minimum absolute atomic E-state index is 0.234. The van der Waals surface area contributed by atoms with E-state index >= 15 is 0 Å². The summed E-state index contributed by atoms with van der Waals surface area (Å²) in [7, 11) is 3.16. The summed E-state index contributed by atoms with van der Waals surface area (Å²) in [6, 6.07) is 15.2. The molecule has 2 N–H and O–H groups in total. The third kappa shape index (κ3) is 3.15. The lowest BCUT2D eigenvalue weighted by Crippen LogP contribution is -2.52. The maximum atomic E-state index is 12.5. The Balaban J connectivity index is 1.74. The van der Waals surface area contributed by atoms with Crippen molar-refractivity contribution >= 4 is 11.7 Å². The fraction of sp³-hybridized carbons (Fsp3) is 0.316. The number of benzene rings is 2. The van der Waals surface area contributed by atoms with Crippen molar-refractivity contribution < 1.29 is 14.3 Å². The number of hydrogen-bond donors (Lipinski definition) is 2. The molecule has 0 bridgehead atoms. The molecule has 2 amide bonds. The zero-order valence-corrected chi connectivity index (χ0v) is 14.0. The van der Waals surface area contributed by atoms with E-state index in [1.807, 2.05) is 18.2 Å². The van der Waals surface area contributed by atoms with Gasteiger partial charge in [0.05, 0.1) is 25.4 Å². The molecule has 0 aliphatic heterocycles. The van der Waals surface area contributed by atoms with Crippen LogP contribution < -0.4 is 20.1 Å². The van der Waals surface area contributed by atoms with Crippen LogP contribution in [0.4, 0.5) is 10.5 Å². The van der Waals surface area contributed by atoms with Crippen LogP contribution in [0.3, 0.4) is 0 Å². The summed E-state index contributed by atoms with van der Waals surface area (Å²) in [5.41, 5.74) is 1.48. The maximum absolute atomic E-state index is 12.5. The molecule has 2 aromatic carbocycles. The van der Waals surface area contributed by atoms with E-state index in [9.17, 15) is 4.79 Å². The molecule has 2 aromatic rings. The minimum Gasteiger partial charge on any atom is -0.497 e. The molecule has 0 spiro atoms. The Kier molecular flexibility index (Phi) is 4.60. The fourth-order valence-corrected chi connectivity index (χ4v) is 3.05. The van der Waals surface area contributed by atoms with Crippen molar-refractivity contribution in [3.63, 3.8) is 0 Å². The first-order chi connectivity index (χ1) is 11.7. The Hall–Kier alpha value is -2.69. The lowest BCUT2D eigenvalue weighted by atomic mass is 9.72. The van der Waals surface area contributed by atoms with Crippen LogP contribution in [0.25, 0.3) is 0 Å². The number of rotatable bonds is 5. The molecular formula is C19H22N2O3. The van der Waals surface area contributed by atoms with Gasteiger partial charge in [-0.05, 0) is 37.0 Å². The number of ether oxygens (including phenoxy) is 2. The third-order valence-electron chi connectivity index (χ3n) is 4.54. The Bertz CT molecular complexity index is 712. The molecule has 1 aliphatic rings. The van der Waals surface area contributed by atoms with Crippen LogP contribution in [0, 0.1) is 0 Å². The molecule has 1 fully saturated rings. The number of amides is 2. The molecule has 1 saturated carbocycles. The van der Waals surface area contributed by atoms with Gasteiger partial charge in [0.25, 0.3) is 0 Å². The summed E-state index contributed by atoms with van der Waals surface area (Å²) in [6.07, 6.45) is 3.01. The van der Waals surface area contributed by atoms with Crippen LogP contribution in [-0.4, -0.2) is 20.3 Å². The Morgan fingerprint density at radius 2 is 1.79 bits per heavy atom. The molecule has 0 saturated heterocycles. The van der Waals surface area contributed by atoms with Gasteiger partial charge in [-0.3, -0.25) is 0 Å². The Morgan fingerprint density at radius 1 is 1.04 bits per heavy atom. The summed E-state index contributed by atoms with van der Waals surface area (Å²) < 4.78 is 10.5. The quantitative estimate of drug-likeness (QED) is 0.876. The van der Waals surface area contributed by atoms with E-state index in [0.29, 0.717) is 17.2 Å². The van der Waals surface area contributed by atoms with Gasteiger partial charge in [0, 0.05) is 6.07 Å². The van der Waals surface area contributed by atoms with Gasteiger partial charge in [0.2, 0.25) is 0 Å². The van der Waals surface area contributed by atoms with Gasteiger partial charge in [0.15, 0.2) is 0 Å². The maximum Gasteiger partial charge on any atom is 0.320 e. The Labute approximate surface area is 142 Å². The van der Waals surface area contributed by atoms with Crippen molar-refractivity contribution in [2.75, 3.05) is 19.5 Å². The van der Waals surface area contributed by atoms with Gasteiger partial charge in [0.1, 0.15) is 11.5 Å². The molecule has 3 rings (SSSR count). The third-order valence-corrected chi connectivity index (χ3v) is 4.54. The summed E-state index contributed by atoms with van der Waals surface area (Å²) >= 11 is 0. The SMILES string of the molecule is COc1ccc(NC(=O)NC2(c3ccccc3)CCC2)c(OC)c1. The molecule has 5 nitrogen and oxygen atoms in total. The van der Waals surface area contributed by atoms with E-state index in [2.05, 4.69) is 22.8 Å². The summed E-state index contributed by atoms with van der Waals surface area (Å²) in [5.74, 6) is 1.24. The van der Waals surface area contributed by atoms with Crippen LogP contribution in [0.5, 0.6) is 11.5 Å². The highest BCUT2D eigenvalue weighted by Crippen LogP contribution is 2.41. The van der Waals surface area contributed by atoms with Gasteiger partial charge in [-0.25, -0.2) is 4.79 Å². The monoisotopic (exact) mass is 326 g/mol. The van der Waals surface area contributed by atoms with Gasteiger partial charge >= 0.3 is 6.03 Å². The van der Waals surface area contributed by atoms with Crippen LogP contribution in [0.1, 0.15) is 24.8 Å². The molecule has 5 heteroatoms. The van der Waals surface area contributed by atoms with Crippen LogP contribution in [-0.2, 0) is 5.54 Å². The first kappa shape index (κ1) is 16.2. The van der Waals surface area contributed by atoms with Crippen LogP contribution in [0.2, 0.25) is 0 Å². The second-order valence-electron chi connectivity index (χ2n) is 5.95. The number of anilines is 1. The van der Waals surface area contributed by atoms with Gasteiger partial charge in [-0.1, -0.05) is 30.3 Å². The smallest absolute Gasteiger partial charge is 0.320 e. The summed E-state index contributed by atoms with van der Waals surface area (Å²) in [6.45, 7) is 0. The standard InChI is InChI=1S/C19H22N2O3/c1-23-15-9-10-16(17(13-15)24-2)20-18(22)21-19(11-6-12-19)14-7-4-3-5-8-14/h3-5,7-10,13H,6,11-12H2,1-2H3,(H2,20,21,22). The van der Waals surface area contributed by atoms with E-state index in [-0.39, 0.29) is 11.6 Å². The predicted octanol–water partition coefficient (Wildman–Crippen LogP) is 3.90. The van der Waals surface area contributed by atoms with Crippen molar-refractivity contribution in [3.8, 4) is 11.5 Å². The first-order valence-corrected chi connectivity index (χ1v) is 8.03. The predicted molar refractivity (Wildman–Crippen MR) is 93.7 cm³/mol. The lowest BCUT2D eigenvalue weighted by Gasteiger charge is -2.43. The van der Waals surface area contributed by atoms with E-state index in [1.165, 1.54) is 0 Å². The Morgan fingerprint density at radius 3 is 2.38 bits per heavy atom. The molecule has 24 heavy (non-hydrogen) atoms. The van der Waals surface area contributed by atoms with Crippen LogP contribution in [0.15, 0.2) is 48.5 Å². The second-order valence-corrected chi connectivity index (χ2v) is 5.95. The molecule has 0 unspecified atom stereocenters. The topological polar surface area (TPSA) is 59.6 Å². The summed E-state index contributed by atoms with van der Waals surface area (Å²) in [5, 5.41) is 6.01. The van der Waals surface area contributed by atoms with Crippen molar-refractivity contribution in [3.05, 3.63) is 54.1 Å². The zero-order chi connectivity index (χ0) is 17.0. The van der Waals surface area contributed by atoms with E-state index in [1.54, 1.807) is 32.4 Å². The normalized spacial score (nSPS) is 15.1. The van der Waals surface area contributed by atoms with Crippen molar-refractivity contribution in [2.45, 2.75) is 24.8 Å². The highest BCUT2D eigenvalue weighted by atomic mass is 16.5. The lowest BCUT2D eigenvalue weighted by molar-refractivity contribution is 0.185. The number of urea groups is 1. The molecule has 0 heterocycles. The number of carbonyl (C=O) groups excluding carboxylic acids is 1. The van der Waals surface area contributed by atoms with E-state index < -0.39 is 0 Å². The zero-order valence-electron chi connectivity index (χ0n) is 14.0. The number of nitrogens with one attached hydrogen (secondary N) is 2. The molecule has 0 atom stereocenters. The second kappa shape index (κ2) is 6.83. The van der Waals surface area contributed by atoms with E-state index in [4.69, 9.17) is 9.47 Å². The van der Waals surface area contributed by atoms with Crippen molar-refractivity contribution in [1.29, 1.82) is 0 Å². The van der Waals surface area contributed by atoms with Gasteiger partial charge < -0.3 is 20.1 Å². The molecule has 1 aliphatic carbocycles. The van der Waals surface area contributed by atoms with Crippen LogP contribution >= 0.6 is 0 Å². The highest BCUT2D eigenvalue weighted by Gasteiger charge is 2.40. The molecule has 126 valence electrons. The van der Waals surface area contributed by atoms with Crippen molar-refractivity contribution in [1.82, 2.24) is 5.32 Å². The number of methoxy groups -OCH3 is 2. The van der Waals surface area contributed by atoms with Gasteiger partial charge in [-0.15, -0.1) is 0 Å². The average Bonchev–Trinajstić information content (AvgIpc) is 2.59. The molecular weight excluding hydrogens is 304 g/mol. The first-order valence-electron chi connectivity index (χ1n) is 8.03. The summed E-state index contributed by atoms with van der Waals surface area (Å²) in [4.78, 5) is 12.5. The largest absolute Gasteiger partial charge is 0.497 e. The highest BCUT2D eigenvalue weighted by molar-refractivity contribution is 5.91. The van der Waals surface area contributed by atoms with Crippen molar-refractivity contribution in [2.24, 2.45) is 0 Å². The number of hydrogen-bond acceptors (Lipinski definition) is 3. The fourth-order valence-electron chi connectivity index (χ4n) is 3.05. The van der Waals surface area contributed by atoms with E-state index in [0.717, 1.165) is 24.8 Å². The average molecular weight is 326 g/mol. The molecule has 0 radical (unpaired) electrons. The minimum atomic E-state index is -0.273.